The van der Waals surface area contributed by atoms with Crippen molar-refractivity contribution in [2.24, 2.45) is 11.5 Å². The first-order valence-corrected chi connectivity index (χ1v) is 16.9. The first kappa shape index (κ1) is 37.2. The highest BCUT2D eigenvalue weighted by molar-refractivity contribution is 7.09. The molecule has 4 aromatic rings. The second-order valence-corrected chi connectivity index (χ2v) is 12.6. The number of benzene rings is 3. The van der Waals surface area contributed by atoms with Crippen molar-refractivity contribution in [1.82, 2.24) is 16.0 Å². The number of nitrogens with one attached hydrogen (secondary N) is 3. The number of nitro groups is 1. The number of hydrogen-bond donors (Lipinski definition) is 5. The van der Waals surface area contributed by atoms with Crippen LogP contribution in [0.1, 0.15) is 28.5 Å². The van der Waals surface area contributed by atoms with Crippen LogP contribution in [0.4, 0.5) is 5.69 Å². The van der Waals surface area contributed by atoms with Gasteiger partial charge in [0, 0.05) is 42.7 Å². The van der Waals surface area contributed by atoms with Crippen LogP contribution < -0.4 is 32.2 Å². The molecular weight excluding hydrogens is 660 g/mol. The maximum atomic E-state index is 14.0. The van der Waals surface area contributed by atoms with E-state index in [4.69, 9.17) is 16.2 Å². The summed E-state index contributed by atoms with van der Waals surface area (Å²) in [6.07, 6.45) is 0.384. The van der Waals surface area contributed by atoms with E-state index in [1.807, 2.05) is 54.8 Å². The van der Waals surface area contributed by atoms with Crippen molar-refractivity contribution in [3.05, 3.63) is 128 Å². The molecule has 4 atom stereocenters. The van der Waals surface area contributed by atoms with Crippen LogP contribution in [0.2, 0.25) is 0 Å². The summed E-state index contributed by atoms with van der Waals surface area (Å²) in [5.41, 5.74) is 13.7. The number of carbonyl (C=O) groups excluding carboxylic acids is 4. The maximum absolute atomic E-state index is 14.0. The quantitative estimate of drug-likeness (QED) is 0.0768. The minimum atomic E-state index is -1.20. The lowest BCUT2D eigenvalue weighted by Crippen LogP contribution is -2.58. The Labute approximate surface area is 293 Å². The highest BCUT2D eigenvalue weighted by atomic mass is 32.1. The molecule has 0 radical (unpaired) electrons. The lowest BCUT2D eigenvalue weighted by atomic mass is 10.0. The Hall–Kier alpha value is -5.60. The Morgan fingerprint density at radius 3 is 1.76 bits per heavy atom. The number of nitrogens with zero attached hydrogens (tertiary/aromatic N) is 1. The molecule has 262 valence electrons. The smallest absolute Gasteiger partial charge is 0.269 e. The number of amides is 4. The molecule has 13 nitrogen and oxygen atoms in total. The van der Waals surface area contributed by atoms with Crippen molar-refractivity contribution in [3.8, 4) is 5.75 Å². The summed E-state index contributed by atoms with van der Waals surface area (Å²) in [5, 5.41) is 21.1. The maximum Gasteiger partial charge on any atom is 0.269 e. The summed E-state index contributed by atoms with van der Waals surface area (Å²) in [5.74, 6) is -2.07. The van der Waals surface area contributed by atoms with Gasteiger partial charge in [-0.2, -0.15) is 0 Å². The normalized spacial score (nSPS) is 13.2. The van der Waals surface area contributed by atoms with E-state index in [1.165, 1.54) is 35.6 Å². The fourth-order valence-electron chi connectivity index (χ4n) is 5.17. The van der Waals surface area contributed by atoms with Gasteiger partial charge in [-0.25, -0.2) is 0 Å². The van der Waals surface area contributed by atoms with Gasteiger partial charge in [-0.3, -0.25) is 29.3 Å². The molecular formula is C36H40N6O7S. The zero-order chi connectivity index (χ0) is 36.0. The predicted octanol–water partition coefficient (Wildman–Crippen LogP) is 2.59. The number of primary amides is 1. The van der Waals surface area contributed by atoms with E-state index in [1.54, 1.807) is 24.3 Å². The van der Waals surface area contributed by atoms with Gasteiger partial charge in [0.05, 0.1) is 17.6 Å². The van der Waals surface area contributed by atoms with Crippen LogP contribution in [0.15, 0.2) is 96.4 Å². The van der Waals surface area contributed by atoms with E-state index in [0.717, 1.165) is 10.4 Å². The zero-order valence-corrected chi connectivity index (χ0v) is 28.3. The van der Waals surface area contributed by atoms with Crippen molar-refractivity contribution in [2.75, 3.05) is 6.61 Å². The van der Waals surface area contributed by atoms with Gasteiger partial charge in [0.2, 0.25) is 23.6 Å². The molecule has 0 aliphatic heterocycles. The average Bonchev–Trinajstić information content (AvgIpc) is 3.62. The molecule has 0 spiro atoms. The van der Waals surface area contributed by atoms with Crippen molar-refractivity contribution in [2.45, 2.75) is 56.8 Å². The second-order valence-electron chi connectivity index (χ2n) is 11.6. The molecule has 3 aromatic carbocycles. The van der Waals surface area contributed by atoms with Crippen LogP contribution in [0.5, 0.6) is 5.75 Å². The number of nitrogens with two attached hydrogens (primary N) is 2. The molecule has 0 fully saturated rings. The minimum Gasteiger partial charge on any atom is -0.494 e. The Morgan fingerprint density at radius 2 is 1.24 bits per heavy atom. The largest absolute Gasteiger partial charge is 0.494 e. The van der Waals surface area contributed by atoms with Gasteiger partial charge in [-0.1, -0.05) is 60.7 Å². The number of carbonyl (C=O) groups is 4. The molecule has 4 unspecified atom stereocenters. The van der Waals surface area contributed by atoms with Gasteiger partial charge in [-0.15, -0.1) is 11.3 Å². The van der Waals surface area contributed by atoms with E-state index in [-0.39, 0.29) is 31.4 Å². The van der Waals surface area contributed by atoms with Gasteiger partial charge in [0.15, 0.2) is 0 Å². The average molecular weight is 701 g/mol. The van der Waals surface area contributed by atoms with Crippen LogP contribution in [-0.4, -0.2) is 59.3 Å². The minimum absolute atomic E-state index is 0.0247. The van der Waals surface area contributed by atoms with Gasteiger partial charge in [0.25, 0.3) is 5.69 Å². The van der Waals surface area contributed by atoms with E-state index in [2.05, 4.69) is 16.0 Å². The molecule has 4 rings (SSSR count). The summed E-state index contributed by atoms with van der Waals surface area (Å²) in [6.45, 7) is 2.32. The molecule has 50 heavy (non-hydrogen) atoms. The summed E-state index contributed by atoms with van der Waals surface area (Å²) < 4.78 is 5.52. The van der Waals surface area contributed by atoms with Gasteiger partial charge < -0.3 is 32.2 Å². The van der Waals surface area contributed by atoms with E-state index < -0.39 is 52.7 Å². The Balaban J connectivity index is 1.56. The van der Waals surface area contributed by atoms with Crippen molar-refractivity contribution < 1.29 is 28.8 Å². The fourth-order valence-corrected chi connectivity index (χ4v) is 5.93. The molecule has 1 aromatic heterocycles. The van der Waals surface area contributed by atoms with Gasteiger partial charge in [0.1, 0.15) is 23.9 Å². The topological polar surface area (TPSA) is 209 Å². The van der Waals surface area contributed by atoms with Crippen LogP contribution in [0, 0.1) is 10.1 Å². The monoisotopic (exact) mass is 700 g/mol. The SMILES string of the molecule is CCOc1ccc(CC(NC(=O)C(Cc2ccccc2)NC(=O)C(N)Cc2cccs2)C(=O)NC(Cc2ccc([N+](=O)[O-])cc2)C(N)=O)cc1. The van der Waals surface area contributed by atoms with Crippen LogP contribution in [-0.2, 0) is 44.9 Å². The number of thiophene rings is 1. The third-order valence-corrected chi connectivity index (χ3v) is 8.71. The Bertz CT molecular complexity index is 1740. The second kappa shape index (κ2) is 18.2. The molecule has 0 saturated carbocycles. The number of nitro benzene ring substituents is 1. The Morgan fingerprint density at radius 1 is 0.720 bits per heavy atom. The van der Waals surface area contributed by atoms with Crippen molar-refractivity contribution >= 4 is 40.7 Å². The summed E-state index contributed by atoms with van der Waals surface area (Å²) in [4.78, 5) is 64.9. The highest BCUT2D eigenvalue weighted by Gasteiger charge is 2.31. The molecule has 7 N–H and O–H groups in total. The molecule has 4 amide bonds. The number of ether oxygens (including phenoxy) is 1. The van der Waals surface area contributed by atoms with Crippen molar-refractivity contribution in [1.29, 1.82) is 0 Å². The lowest BCUT2D eigenvalue weighted by Gasteiger charge is -2.26. The number of hydrogen-bond acceptors (Lipinski definition) is 9. The lowest BCUT2D eigenvalue weighted by molar-refractivity contribution is -0.384. The standard InChI is InChI=1S/C36H40N6O7S/c1-2-49-27-16-12-25(13-17-27)21-32(35(45)39-30(33(38)43)19-24-10-14-26(15-11-24)42(47)48)41-36(46)31(20-23-7-4-3-5-8-23)40-34(44)29(37)22-28-9-6-18-50-28/h3-18,29-32H,2,19-22,37H2,1H3,(H2,38,43)(H,39,45)(H,40,44)(H,41,46). The fraction of sp³-hybridized carbons (Fsp3) is 0.278. The third kappa shape index (κ3) is 11.2. The van der Waals surface area contributed by atoms with Crippen LogP contribution >= 0.6 is 11.3 Å². The van der Waals surface area contributed by atoms with Crippen LogP contribution in [0.3, 0.4) is 0 Å². The molecule has 0 bridgehead atoms. The predicted molar refractivity (Wildman–Crippen MR) is 189 cm³/mol. The molecule has 0 aliphatic carbocycles. The highest BCUT2D eigenvalue weighted by Crippen LogP contribution is 2.16. The first-order valence-electron chi connectivity index (χ1n) is 16.0. The first-order chi connectivity index (χ1) is 24.0. The molecule has 0 saturated heterocycles. The summed E-state index contributed by atoms with van der Waals surface area (Å²) in [6, 6.07) is 20.9. The Kier molecular flexibility index (Phi) is 13.6. The van der Waals surface area contributed by atoms with E-state index in [0.29, 0.717) is 23.5 Å². The zero-order valence-electron chi connectivity index (χ0n) is 27.5. The van der Waals surface area contributed by atoms with Crippen LogP contribution in [0.25, 0.3) is 0 Å². The molecule has 0 aliphatic rings. The number of rotatable bonds is 18. The van der Waals surface area contributed by atoms with E-state index >= 15 is 0 Å². The summed E-state index contributed by atoms with van der Waals surface area (Å²) >= 11 is 1.47. The van der Waals surface area contributed by atoms with Crippen molar-refractivity contribution in [3.63, 3.8) is 0 Å². The summed E-state index contributed by atoms with van der Waals surface area (Å²) in [7, 11) is 0. The molecule has 1 heterocycles. The third-order valence-electron chi connectivity index (χ3n) is 7.81. The van der Waals surface area contributed by atoms with Gasteiger partial charge in [-0.05, 0) is 47.2 Å². The number of non-ortho nitro benzene ring substituents is 1. The van der Waals surface area contributed by atoms with E-state index in [9.17, 15) is 29.3 Å². The van der Waals surface area contributed by atoms with Gasteiger partial charge >= 0.3 is 0 Å². The molecule has 14 heteroatoms.